The Labute approximate surface area is 227 Å². The van der Waals surface area contributed by atoms with Gasteiger partial charge >= 0.3 is 5.97 Å². The van der Waals surface area contributed by atoms with Crippen molar-refractivity contribution in [3.8, 4) is 0 Å². The van der Waals surface area contributed by atoms with Crippen LogP contribution >= 0.6 is 0 Å². The molecule has 1 saturated heterocycles. The maximum Gasteiger partial charge on any atom is 0.338 e. The van der Waals surface area contributed by atoms with Gasteiger partial charge in [0.05, 0.1) is 22.0 Å². The van der Waals surface area contributed by atoms with Gasteiger partial charge < -0.3 is 14.2 Å². The Morgan fingerprint density at radius 1 is 0.769 bits per heavy atom. The summed E-state index contributed by atoms with van der Waals surface area (Å²) in [6.07, 6.45) is -5.45. The van der Waals surface area contributed by atoms with Gasteiger partial charge in [-0.3, -0.25) is 8.37 Å². The normalized spacial score (nSPS) is 21.5. The lowest BCUT2D eigenvalue weighted by atomic mass is 10.1. The lowest BCUT2D eigenvalue weighted by Gasteiger charge is -2.23. The van der Waals surface area contributed by atoms with Crippen LogP contribution in [0.5, 0.6) is 0 Å². The summed E-state index contributed by atoms with van der Waals surface area (Å²) in [4.78, 5) is 12.6. The fourth-order valence-electron chi connectivity index (χ4n) is 3.86. The van der Waals surface area contributed by atoms with Crippen LogP contribution in [0.3, 0.4) is 0 Å². The molecule has 208 valence electrons. The third-order valence-corrected chi connectivity index (χ3v) is 8.62. The van der Waals surface area contributed by atoms with Gasteiger partial charge in [-0.25, -0.2) is 4.79 Å². The van der Waals surface area contributed by atoms with E-state index in [0.717, 1.165) is 11.1 Å². The van der Waals surface area contributed by atoms with E-state index in [1.807, 2.05) is 6.92 Å². The SMILES string of the molecule is CO[C@@H]1O[C@H](COS(=O)(=O)c2ccc(C)cc2)[C@@H](OS(=O)(=O)c2ccc(C)cc2)[C@@H]1OC(=O)c1ccccc1. The number of methoxy groups -OCH3 is 1. The molecule has 3 aromatic rings. The van der Waals surface area contributed by atoms with E-state index in [1.165, 1.54) is 43.5 Å². The zero-order chi connectivity index (χ0) is 28.2. The van der Waals surface area contributed by atoms with E-state index < -0.39 is 57.4 Å². The molecule has 1 aliphatic heterocycles. The van der Waals surface area contributed by atoms with E-state index >= 15 is 0 Å². The van der Waals surface area contributed by atoms with Crippen molar-refractivity contribution in [2.24, 2.45) is 0 Å². The molecule has 4 atom stereocenters. The Morgan fingerprint density at radius 3 is 1.85 bits per heavy atom. The molecule has 0 N–H and O–H groups in total. The predicted octanol–water partition coefficient (Wildman–Crippen LogP) is 3.38. The molecule has 0 amide bonds. The largest absolute Gasteiger partial charge is 0.450 e. The van der Waals surface area contributed by atoms with Gasteiger partial charge in [-0.05, 0) is 50.2 Å². The predicted molar refractivity (Wildman–Crippen MR) is 139 cm³/mol. The highest BCUT2D eigenvalue weighted by Gasteiger charge is 2.51. The summed E-state index contributed by atoms with van der Waals surface area (Å²) < 4.78 is 79.3. The van der Waals surface area contributed by atoms with E-state index in [-0.39, 0.29) is 15.4 Å². The number of carbonyl (C=O) groups is 1. The van der Waals surface area contributed by atoms with Crippen LogP contribution in [0.15, 0.2) is 88.7 Å². The maximum absolute atomic E-state index is 13.2. The number of hydrogen-bond acceptors (Lipinski definition) is 10. The zero-order valence-corrected chi connectivity index (χ0v) is 23.1. The van der Waals surface area contributed by atoms with Gasteiger partial charge in [0.1, 0.15) is 12.2 Å². The number of hydrogen-bond donors (Lipinski definition) is 0. The first-order chi connectivity index (χ1) is 18.5. The number of aryl methyl sites for hydroxylation is 2. The summed E-state index contributed by atoms with van der Waals surface area (Å²) in [6.45, 7) is 2.97. The molecule has 1 heterocycles. The van der Waals surface area contributed by atoms with Crippen molar-refractivity contribution in [3.63, 3.8) is 0 Å². The van der Waals surface area contributed by atoms with Crippen LogP contribution in [0, 0.1) is 13.8 Å². The van der Waals surface area contributed by atoms with Gasteiger partial charge in [0.15, 0.2) is 12.4 Å². The highest BCUT2D eigenvalue weighted by atomic mass is 32.2. The Bertz CT molecular complexity index is 1490. The van der Waals surface area contributed by atoms with Crippen molar-refractivity contribution in [1.29, 1.82) is 0 Å². The van der Waals surface area contributed by atoms with Crippen LogP contribution in [0.2, 0.25) is 0 Å². The van der Waals surface area contributed by atoms with Gasteiger partial charge in [-0.1, -0.05) is 53.6 Å². The topological polar surface area (TPSA) is 132 Å². The molecule has 10 nitrogen and oxygen atoms in total. The number of benzene rings is 3. The molecule has 4 rings (SSSR count). The van der Waals surface area contributed by atoms with Crippen molar-refractivity contribution in [2.75, 3.05) is 13.7 Å². The van der Waals surface area contributed by atoms with Crippen LogP contribution in [-0.2, 0) is 42.8 Å². The zero-order valence-electron chi connectivity index (χ0n) is 21.4. The van der Waals surface area contributed by atoms with Crippen molar-refractivity contribution in [2.45, 2.75) is 48.2 Å². The molecule has 0 spiro atoms. The average molecular weight is 577 g/mol. The molecule has 12 heteroatoms. The minimum Gasteiger partial charge on any atom is -0.450 e. The molecular weight excluding hydrogens is 548 g/mol. The van der Waals surface area contributed by atoms with Gasteiger partial charge in [0.25, 0.3) is 20.2 Å². The van der Waals surface area contributed by atoms with Crippen LogP contribution in [0.4, 0.5) is 0 Å². The highest BCUT2D eigenvalue weighted by Crippen LogP contribution is 2.32. The fraction of sp³-hybridized carbons (Fsp3) is 0.296. The Morgan fingerprint density at radius 2 is 1.31 bits per heavy atom. The fourth-order valence-corrected chi connectivity index (χ4v) is 5.88. The Balaban J connectivity index is 1.62. The second-order valence-electron chi connectivity index (χ2n) is 8.89. The molecule has 3 aromatic carbocycles. The second-order valence-corrected chi connectivity index (χ2v) is 12.1. The third-order valence-electron chi connectivity index (χ3n) is 6.00. The van der Waals surface area contributed by atoms with Crippen molar-refractivity contribution in [1.82, 2.24) is 0 Å². The van der Waals surface area contributed by atoms with Gasteiger partial charge in [-0.15, -0.1) is 0 Å². The average Bonchev–Trinajstić information content (AvgIpc) is 3.23. The molecular formula is C27H28O10S2. The third kappa shape index (κ3) is 6.90. The number of esters is 1. The van der Waals surface area contributed by atoms with Gasteiger partial charge in [0, 0.05) is 7.11 Å². The molecule has 1 fully saturated rings. The lowest BCUT2D eigenvalue weighted by Crippen LogP contribution is -2.42. The summed E-state index contributed by atoms with van der Waals surface area (Å²) >= 11 is 0. The van der Waals surface area contributed by atoms with Crippen LogP contribution in [-0.4, -0.2) is 61.1 Å². The lowest BCUT2D eigenvalue weighted by molar-refractivity contribution is -0.153. The first-order valence-corrected chi connectivity index (χ1v) is 14.7. The van der Waals surface area contributed by atoms with E-state index in [0.29, 0.717) is 0 Å². The minimum absolute atomic E-state index is 0.0915. The second kappa shape index (κ2) is 11.9. The first kappa shape index (κ1) is 28.9. The minimum atomic E-state index is -4.40. The summed E-state index contributed by atoms with van der Waals surface area (Å²) in [5.41, 5.74) is 1.89. The smallest absolute Gasteiger partial charge is 0.338 e. The van der Waals surface area contributed by atoms with E-state index in [2.05, 4.69) is 0 Å². The summed E-state index contributed by atoms with van der Waals surface area (Å²) in [7, 11) is -7.36. The monoisotopic (exact) mass is 576 g/mol. The molecule has 0 radical (unpaired) electrons. The molecule has 1 aliphatic rings. The number of carbonyl (C=O) groups excluding carboxylic acids is 1. The van der Waals surface area contributed by atoms with Gasteiger partial charge in [-0.2, -0.15) is 16.8 Å². The Kier molecular flexibility index (Phi) is 8.84. The molecule has 0 aromatic heterocycles. The van der Waals surface area contributed by atoms with Crippen molar-refractivity contribution < 1.29 is 44.2 Å². The standard InChI is InChI=1S/C27H28O10S2/c1-18-9-13-21(14-10-18)38(29,30)34-17-23-24(37-39(31,32)22-15-11-19(2)12-16-22)25(27(33-3)35-23)36-26(28)20-7-5-4-6-8-20/h4-16,23-25,27H,17H2,1-3H3/t23-,24-,25+,27-/m1/s1. The van der Waals surface area contributed by atoms with Gasteiger partial charge in [0.2, 0.25) is 0 Å². The summed E-state index contributed by atoms with van der Waals surface area (Å²) in [5.74, 6) is -0.776. The van der Waals surface area contributed by atoms with Crippen molar-refractivity contribution in [3.05, 3.63) is 95.6 Å². The van der Waals surface area contributed by atoms with Crippen molar-refractivity contribution >= 4 is 26.2 Å². The first-order valence-electron chi connectivity index (χ1n) is 11.9. The summed E-state index contributed by atoms with van der Waals surface area (Å²) in [5, 5.41) is 0. The van der Waals surface area contributed by atoms with Crippen LogP contribution < -0.4 is 0 Å². The molecule has 0 bridgehead atoms. The van der Waals surface area contributed by atoms with Crippen LogP contribution in [0.25, 0.3) is 0 Å². The maximum atomic E-state index is 13.2. The van der Waals surface area contributed by atoms with E-state index in [4.69, 9.17) is 22.6 Å². The quantitative estimate of drug-likeness (QED) is 0.261. The molecule has 0 unspecified atom stereocenters. The number of rotatable bonds is 10. The van der Waals surface area contributed by atoms with E-state index in [1.54, 1.807) is 49.4 Å². The Hall–Kier alpha value is -3.13. The highest BCUT2D eigenvalue weighted by molar-refractivity contribution is 7.87. The van der Waals surface area contributed by atoms with Crippen LogP contribution in [0.1, 0.15) is 21.5 Å². The molecule has 0 saturated carbocycles. The number of ether oxygens (including phenoxy) is 3. The summed E-state index contributed by atoms with van der Waals surface area (Å²) in [6, 6.07) is 20.0. The van der Waals surface area contributed by atoms with E-state index in [9.17, 15) is 21.6 Å². The molecule has 39 heavy (non-hydrogen) atoms. The molecule has 0 aliphatic carbocycles.